The van der Waals surface area contributed by atoms with Crippen molar-refractivity contribution in [3.63, 3.8) is 0 Å². The van der Waals surface area contributed by atoms with E-state index in [4.69, 9.17) is 0 Å². The third-order valence-corrected chi connectivity index (χ3v) is 3.32. The molecule has 0 unspecified atom stereocenters. The lowest BCUT2D eigenvalue weighted by Gasteiger charge is -2.11. The third-order valence-electron chi connectivity index (χ3n) is 3.32. The Bertz CT molecular complexity index is 739. The molecule has 1 heterocycles. The summed E-state index contributed by atoms with van der Waals surface area (Å²) in [5.41, 5.74) is 3.40. The van der Waals surface area contributed by atoms with Gasteiger partial charge in [-0.05, 0) is 57.0 Å². The molecule has 2 aromatic rings. The lowest BCUT2D eigenvalue weighted by Crippen LogP contribution is -2.30. The van der Waals surface area contributed by atoms with Gasteiger partial charge in [0.15, 0.2) is 0 Å². The summed E-state index contributed by atoms with van der Waals surface area (Å²) in [6.07, 6.45) is 1.47. The Hall–Kier alpha value is -2.69. The predicted octanol–water partition coefficient (Wildman–Crippen LogP) is 3.09. The Kier molecular flexibility index (Phi) is 5.11. The number of anilines is 1. The zero-order chi connectivity index (χ0) is 17.0. The fourth-order valence-electron chi connectivity index (χ4n) is 2.10. The van der Waals surface area contributed by atoms with Gasteiger partial charge in [-0.15, -0.1) is 0 Å². The summed E-state index contributed by atoms with van der Waals surface area (Å²) in [6.45, 7) is 7.65. The number of benzene rings is 1. The van der Waals surface area contributed by atoms with Gasteiger partial charge in [-0.25, -0.2) is 0 Å². The van der Waals surface area contributed by atoms with Gasteiger partial charge in [0, 0.05) is 23.5 Å². The van der Waals surface area contributed by atoms with E-state index in [1.54, 1.807) is 6.07 Å². The number of rotatable bonds is 4. The lowest BCUT2D eigenvalue weighted by atomic mass is 10.1. The molecule has 1 aromatic heterocycles. The normalized spacial score (nSPS) is 10.5. The van der Waals surface area contributed by atoms with Crippen LogP contribution < -0.4 is 10.6 Å². The largest absolute Gasteiger partial charge is 0.350 e. The van der Waals surface area contributed by atoms with Gasteiger partial charge in [0.1, 0.15) is 5.69 Å². The first-order valence-corrected chi connectivity index (χ1v) is 7.52. The van der Waals surface area contributed by atoms with Crippen LogP contribution in [0.2, 0.25) is 0 Å². The molecule has 5 heteroatoms. The number of aromatic nitrogens is 1. The SMILES string of the molecule is Cc1ccc(C)c(NC(=O)c2cc(C(=O)NC(C)C)ccn2)c1. The molecule has 0 aliphatic carbocycles. The highest BCUT2D eigenvalue weighted by Gasteiger charge is 2.13. The molecule has 0 radical (unpaired) electrons. The standard InChI is InChI=1S/C18H21N3O2/c1-11(2)20-17(22)14-7-8-19-16(10-14)18(23)21-15-9-12(3)5-6-13(15)4/h5-11H,1-4H3,(H,20,22)(H,21,23). The van der Waals surface area contributed by atoms with E-state index < -0.39 is 0 Å². The van der Waals surface area contributed by atoms with E-state index in [1.165, 1.54) is 12.3 Å². The van der Waals surface area contributed by atoms with E-state index in [9.17, 15) is 9.59 Å². The summed E-state index contributed by atoms with van der Waals surface area (Å²) in [5, 5.41) is 5.63. The van der Waals surface area contributed by atoms with Crippen molar-refractivity contribution in [3.05, 3.63) is 58.9 Å². The molecule has 0 saturated heterocycles. The second kappa shape index (κ2) is 7.05. The summed E-state index contributed by atoms with van der Waals surface area (Å²) in [6, 6.07) is 8.96. The first-order chi connectivity index (χ1) is 10.9. The zero-order valence-corrected chi connectivity index (χ0v) is 13.8. The minimum absolute atomic E-state index is 0.0304. The van der Waals surface area contributed by atoms with Gasteiger partial charge < -0.3 is 10.6 Å². The van der Waals surface area contributed by atoms with Gasteiger partial charge in [-0.1, -0.05) is 12.1 Å². The maximum absolute atomic E-state index is 12.4. The first kappa shape index (κ1) is 16.7. The number of hydrogen-bond acceptors (Lipinski definition) is 3. The van der Waals surface area contributed by atoms with Crippen LogP contribution in [-0.4, -0.2) is 22.8 Å². The zero-order valence-electron chi connectivity index (χ0n) is 13.8. The molecule has 0 saturated carbocycles. The third kappa shape index (κ3) is 4.39. The van der Waals surface area contributed by atoms with Crippen LogP contribution >= 0.6 is 0 Å². The number of carbonyl (C=O) groups is 2. The molecule has 0 bridgehead atoms. The molecule has 1 aromatic carbocycles. The highest BCUT2D eigenvalue weighted by molar-refractivity contribution is 6.05. The van der Waals surface area contributed by atoms with Crippen LogP contribution in [0, 0.1) is 13.8 Å². The van der Waals surface area contributed by atoms with Gasteiger partial charge in [0.25, 0.3) is 11.8 Å². The fraction of sp³-hybridized carbons (Fsp3) is 0.278. The van der Waals surface area contributed by atoms with Crippen molar-refractivity contribution < 1.29 is 9.59 Å². The smallest absolute Gasteiger partial charge is 0.274 e. The van der Waals surface area contributed by atoms with Crippen LogP contribution in [0.1, 0.15) is 45.8 Å². The van der Waals surface area contributed by atoms with Gasteiger partial charge in [-0.2, -0.15) is 0 Å². The highest BCUT2D eigenvalue weighted by atomic mass is 16.2. The number of amides is 2. The Balaban J connectivity index is 2.20. The molecular formula is C18H21N3O2. The van der Waals surface area contributed by atoms with E-state index in [1.807, 2.05) is 45.9 Å². The first-order valence-electron chi connectivity index (χ1n) is 7.52. The predicted molar refractivity (Wildman–Crippen MR) is 90.7 cm³/mol. The second-order valence-electron chi connectivity index (χ2n) is 5.83. The molecule has 120 valence electrons. The van der Waals surface area contributed by atoms with Crippen molar-refractivity contribution in [2.75, 3.05) is 5.32 Å². The number of hydrogen-bond donors (Lipinski definition) is 2. The molecule has 5 nitrogen and oxygen atoms in total. The van der Waals surface area contributed by atoms with Gasteiger partial charge in [-0.3, -0.25) is 14.6 Å². The van der Waals surface area contributed by atoms with Crippen molar-refractivity contribution in [2.24, 2.45) is 0 Å². The average molecular weight is 311 g/mol. The van der Waals surface area contributed by atoms with Gasteiger partial charge >= 0.3 is 0 Å². The van der Waals surface area contributed by atoms with Crippen LogP contribution in [0.15, 0.2) is 36.5 Å². The Morgan fingerprint density at radius 2 is 1.78 bits per heavy atom. The van der Waals surface area contributed by atoms with Crippen molar-refractivity contribution in [1.29, 1.82) is 0 Å². The van der Waals surface area contributed by atoms with E-state index in [-0.39, 0.29) is 23.6 Å². The lowest BCUT2D eigenvalue weighted by molar-refractivity contribution is 0.0943. The minimum Gasteiger partial charge on any atom is -0.350 e. The van der Waals surface area contributed by atoms with Crippen LogP contribution in [0.25, 0.3) is 0 Å². The fourth-order valence-corrected chi connectivity index (χ4v) is 2.10. The van der Waals surface area contributed by atoms with Crippen molar-refractivity contribution >= 4 is 17.5 Å². The summed E-state index contributed by atoms with van der Waals surface area (Å²) in [5.74, 6) is -0.555. The monoisotopic (exact) mass is 311 g/mol. The van der Waals surface area contributed by atoms with Gasteiger partial charge in [0.2, 0.25) is 0 Å². The number of nitrogens with one attached hydrogen (secondary N) is 2. The van der Waals surface area contributed by atoms with E-state index in [2.05, 4.69) is 15.6 Å². The quantitative estimate of drug-likeness (QED) is 0.911. The average Bonchev–Trinajstić information content (AvgIpc) is 2.50. The Labute approximate surface area is 136 Å². The number of nitrogens with zero attached hydrogens (tertiary/aromatic N) is 1. The molecule has 23 heavy (non-hydrogen) atoms. The maximum atomic E-state index is 12.4. The summed E-state index contributed by atoms with van der Waals surface area (Å²) in [4.78, 5) is 28.4. The summed E-state index contributed by atoms with van der Waals surface area (Å²) < 4.78 is 0. The maximum Gasteiger partial charge on any atom is 0.274 e. The van der Waals surface area contributed by atoms with Gasteiger partial charge in [0.05, 0.1) is 0 Å². The molecule has 2 rings (SSSR count). The van der Waals surface area contributed by atoms with Crippen LogP contribution in [-0.2, 0) is 0 Å². The summed E-state index contributed by atoms with van der Waals surface area (Å²) in [7, 11) is 0. The Morgan fingerprint density at radius 3 is 2.48 bits per heavy atom. The molecule has 2 amide bonds. The Morgan fingerprint density at radius 1 is 1.04 bits per heavy atom. The molecular weight excluding hydrogens is 290 g/mol. The van der Waals surface area contributed by atoms with Crippen molar-refractivity contribution in [1.82, 2.24) is 10.3 Å². The van der Waals surface area contributed by atoms with E-state index in [0.29, 0.717) is 5.56 Å². The van der Waals surface area contributed by atoms with E-state index in [0.717, 1.165) is 16.8 Å². The topological polar surface area (TPSA) is 71.1 Å². The molecule has 0 fully saturated rings. The van der Waals surface area contributed by atoms with Crippen molar-refractivity contribution in [3.8, 4) is 0 Å². The number of aryl methyl sites for hydroxylation is 2. The minimum atomic E-state index is -0.335. The van der Waals surface area contributed by atoms with Crippen LogP contribution in [0.5, 0.6) is 0 Å². The van der Waals surface area contributed by atoms with Crippen LogP contribution in [0.3, 0.4) is 0 Å². The molecule has 0 spiro atoms. The summed E-state index contributed by atoms with van der Waals surface area (Å²) >= 11 is 0. The van der Waals surface area contributed by atoms with Crippen molar-refractivity contribution in [2.45, 2.75) is 33.7 Å². The number of pyridine rings is 1. The molecule has 2 N–H and O–H groups in total. The molecule has 0 aliphatic heterocycles. The number of carbonyl (C=O) groups excluding carboxylic acids is 2. The highest BCUT2D eigenvalue weighted by Crippen LogP contribution is 2.17. The molecule has 0 aliphatic rings. The second-order valence-corrected chi connectivity index (χ2v) is 5.83. The molecule has 0 atom stereocenters. The van der Waals surface area contributed by atoms with E-state index >= 15 is 0 Å². The van der Waals surface area contributed by atoms with Crippen LogP contribution in [0.4, 0.5) is 5.69 Å².